The first kappa shape index (κ1) is 17.0. The Kier molecular flexibility index (Phi) is 4.15. The lowest BCUT2D eigenvalue weighted by Crippen LogP contribution is -2.64. The van der Waals surface area contributed by atoms with Gasteiger partial charge in [-0.05, 0) is 42.9 Å². The smallest absolute Gasteiger partial charge is 0.184 e. The summed E-state index contributed by atoms with van der Waals surface area (Å²) in [6.45, 7) is 2.75. The van der Waals surface area contributed by atoms with Gasteiger partial charge < -0.3 is 24.4 Å². The van der Waals surface area contributed by atoms with Gasteiger partial charge in [0.1, 0.15) is 5.75 Å². The topological polar surface area (TPSA) is 43.0 Å². The van der Waals surface area contributed by atoms with Gasteiger partial charge >= 0.3 is 0 Å². The van der Waals surface area contributed by atoms with Crippen LogP contribution < -0.4 is 19.5 Å². The second kappa shape index (κ2) is 6.36. The number of ether oxygens (including phenoxy) is 3. The molecule has 2 heterocycles. The van der Waals surface area contributed by atoms with Crippen molar-refractivity contribution in [2.75, 3.05) is 14.2 Å². The van der Waals surface area contributed by atoms with Crippen molar-refractivity contribution in [3.05, 3.63) is 53.6 Å². The summed E-state index contributed by atoms with van der Waals surface area (Å²) in [7, 11) is 3.33. The van der Waals surface area contributed by atoms with Crippen molar-refractivity contribution in [3.8, 4) is 17.2 Å². The fraction of sp³-hybridized carbons (Fsp3) is 0.350. The van der Waals surface area contributed by atoms with Gasteiger partial charge in [0.25, 0.3) is 0 Å². The quantitative estimate of drug-likeness (QED) is 0.829. The molecule has 2 aromatic carbocycles. The molecule has 6 heteroatoms. The molecular formula is C20H22N2O3S. The van der Waals surface area contributed by atoms with Gasteiger partial charge in [-0.25, -0.2) is 0 Å². The zero-order valence-corrected chi connectivity index (χ0v) is 15.9. The molecule has 2 aliphatic heterocycles. The van der Waals surface area contributed by atoms with Crippen LogP contribution in [-0.2, 0) is 6.54 Å². The van der Waals surface area contributed by atoms with E-state index in [9.17, 15) is 0 Å². The molecule has 1 N–H and O–H groups in total. The van der Waals surface area contributed by atoms with E-state index in [1.165, 1.54) is 0 Å². The molecule has 2 aliphatic rings. The minimum atomic E-state index is -0.533. The lowest BCUT2D eigenvalue weighted by molar-refractivity contribution is -0.0736. The summed E-state index contributed by atoms with van der Waals surface area (Å²) in [5, 5.41) is 4.17. The van der Waals surface area contributed by atoms with E-state index in [2.05, 4.69) is 23.2 Å². The van der Waals surface area contributed by atoms with E-state index in [0.717, 1.165) is 34.8 Å². The predicted octanol–water partition coefficient (Wildman–Crippen LogP) is 3.63. The maximum atomic E-state index is 6.46. The molecule has 5 nitrogen and oxygen atoms in total. The maximum Gasteiger partial charge on any atom is 0.184 e. The summed E-state index contributed by atoms with van der Waals surface area (Å²) in [5.74, 6) is 2.38. The Bertz CT molecular complexity index is 839. The number of nitrogens with one attached hydrogen (secondary N) is 1. The van der Waals surface area contributed by atoms with E-state index in [4.69, 9.17) is 26.4 Å². The first-order valence-corrected chi connectivity index (χ1v) is 9.02. The molecule has 1 saturated heterocycles. The summed E-state index contributed by atoms with van der Waals surface area (Å²) in [5.41, 5.74) is 1.70. The second-order valence-electron chi connectivity index (χ2n) is 6.80. The number of hydrogen-bond donors (Lipinski definition) is 1. The van der Waals surface area contributed by atoms with E-state index < -0.39 is 5.72 Å². The predicted molar refractivity (Wildman–Crippen MR) is 104 cm³/mol. The molecular weight excluding hydrogens is 348 g/mol. The fourth-order valence-electron chi connectivity index (χ4n) is 3.72. The Morgan fingerprint density at radius 1 is 1.19 bits per heavy atom. The third-order valence-electron chi connectivity index (χ3n) is 5.12. The van der Waals surface area contributed by atoms with Crippen molar-refractivity contribution < 1.29 is 14.2 Å². The highest BCUT2D eigenvalue weighted by molar-refractivity contribution is 7.80. The molecule has 0 amide bonds. The van der Waals surface area contributed by atoms with E-state index in [1.807, 2.05) is 36.4 Å². The number of rotatable bonds is 4. The maximum absolute atomic E-state index is 6.46. The van der Waals surface area contributed by atoms with Crippen LogP contribution in [0.25, 0.3) is 0 Å². The number of para-hydroxylation sites is 1. The molecule has 0 unspecified atom stereocenters. The average molecular weight is 370 g/mol. The summed E-state index contributed by atoms with van der Waals surface area (Å²) < 4.78 is 17.2. The molecule has 0 spiro atoms. The van der Waals surface area contributed by atoms with Crippen LogP contribution in [0.1, 0.15) is 30.5 Å². The molecule has 1 fully saturated rings. The Morgan fingerprint density at radius 2 is 1.96 bits per heavy atom. The second-order valence-corrected chi connectivity index (χ2v) is 7.18. The minimum Gasteiger partial charge on any atom is -0.497 e. The number of benzene rings is 2. The van der Waals surface area contributed by atoms with Gasteiger partial charge in [0.05, 0.1) is 20.3 Å². The minimum absolute atomic E-state index is 0.124. The molecule has 2 aromatic rings. The molecule has 4 rings (SSSR count). The standard InChI is InChI=1S/C20H22N2O3S/c1-20-11-16(15-5-4-6-17(24-3)18(15)25-20)21-19(26)22(20)12-13-7-9-14(23-2)10-8-13/h4-10,16H,11-12H2,1-3H3,(H,21,26)/t16-,20-/m1/s1. The molecule has 26 heavy (non-hydrogen) atoms. The number of methoxy groups -OCH3 is 2. The van der Waals surface area contributed by atoms with Crippen LogP contribution in [0.5, 0.6) is 17.2 Å². The molecule has 0 saturated carbocycles. The van der Waals surface area contributed by atoms with E-state index >= 15 is 0 Å². The molecule has 2 atom stereocenters. The van der Waals surface area contributed by atoms with Crippen molar-refractivity contribution >= 4 is 17.3 Å². The number of nitrogens with zero attached hydrogens (tertiary/aromatic N) is 1. The Labute approximate surface area is 158 Å². The van der Waals surface area contributed by atoms with Crippen LogP contribution in [0.4, 0.5) is 0 Å². The Balaban J connectivity index is 1.66. The van der Waals surface area contributed by atoms with Crippen molar-refractivity contribution in [3.63, 3.8) is 0 Å². The highest BCUT2D eigenvalue weighted by Crippen LogP contribution is 2.48. The number of thiocarbonyl (C=S) groups is 1. The Morgan fingerprint density at radius 3 is 2.65 bits per heavy atom. The van der Waals surface area contributed by atoms with Crippen molar-refractivity contribution in [1.29, 1.82) is 0 Å². The molecule has 0 aromatic heterocycles. The van der Waals surface area contributed by atoms with E-state index in [-0.39, 0.29) is 6.04 Å². The lowest BCUT2D eigenvalue weighted by atomic mass is 9.90. The normalized spacial score (nSPS) is 23.6. The highest BCUT2D eigenvalue weighted by atomic mass is 32.1. The largest absolute Gasteiger partial charge is 0.497 e. The third-order valence-corrected chi connectivity index (χ3v) is 5.46. The van der Waals surface area contributed by atoms with Gasteiger partial charge in [0, 0.05) is 18.5 Å². The highest BCUT2D eigenvalue weighted by Gasteiger charge is 2.48. The fourth-order valence-corrected chi connectivity index (χ4v) is 4.12. The van der Waals surface area contributed by atoms with E-state index in [1.54, 1.807) is 14.2 Å². The summed E-state index contributed by atoms with van der Waals surface area (Å²) >= 11 is 5.67. The van der Waals surface area contributed by atoms with Crippen LogP contribution in [0.3, 0.4) is 0 Å². The van der Waals surface area contributed by atoms with E-state index in [0.29, 0.717) is 11.7 Å². The van der Waals surface area contributed by atoms with Crippen molar-refractivity contribution in [2.45, 2.75) is 31.7 Å². The van der Waals surface area contributed by atoms with Gasteiger partial charge in [-0.3, -0.25) is 0 Å². The monoisotopic (exact) mass is 370 g/mol. The number of hydrogen-bond acceptors (Lipinski definition) is 4. The van der Waals surface area contributed by atoms with Crippen LogP contribution in [-0.4, -0.2) is 30.0 Å². The summed E-state index contributed by atoms with van der Waals surface area (Å²) in [6, 6.07) is 14.1. The van der Waals surface area contributed by atoms with Crippen LogP contribution in [0.15, 0.2) is 42.5 Å². The molecule has 0 radical (unpaired) electrons. The first-order chi connectivity index (χ1) is 12.5. The number of fused-ring (bicyclic) bond motifs is 4. The third kappa shape index (κ3) is 2.74. The average Bonchev–Trinajstić information content (AvgIpc) is 2.65. The van der Waals surface area contributed by atoms with Gasteiger partial charge in [-0.15, -0.1) is 0 Å². The lowest BCUT2D eigenvalue weighted by Gasteiger charge is -2.52. The zero-order chi connectivity index (χ0) is 18.3. The Hall–Kier alpha value is -2.47. The molecule has 2 bridgehead atoms. The van der Waals surface area contributed by atoms with Crippen LogP contribution >= 0.6 is 12.2 Å². The molecule has 0 aliphatic carbocycles. The SMILES string of the molecule is COc1ccc(CN2C(=S)N[C@@H]3C[C@@]2(C)Oc2c(OC)cccc23)cc1. The van der Waals surface area contributed by atoms with Crippen LogP contribution in [0, 0.1) is 0 Å². The van der Waals surface area contributed by atoms with Gasteiger partial charge in [-0.2, -0.15) is 0 Å². The van der Waals surface area contributed by atoms with Crippen molar-refractivity contribution in [1.82, 2.24) is 10.2 Å². The summed E-state index contributed by atoms with van der Waals surface area (Å²) in [6.07, 6.45) is 0.809. The molecule has 136 valence electrons. The first-order valence-electron chi connectivity index (χ1n) is 8.61. The van der Waals surface area contributed by atoms with Gasteiger partial charge in [0.15, 0.2) is 22.3 Å². The van der Waals surface area contributed by atoms with Gasteiger partial charge in [0.2, 0.25) is 0 Å². The summed E-state index contributed by atoms with van der Waals surface area (Å²) in [4.78, 5) is 2.11. The zero-order valence-electron chi connectivity index (χ0n) is 15.1. The van der Waals surface area contributed by atoms with Crippen LogP contribution in [0.2, 0.25) is 0 Å². The van der Waals surface area contributed by atoms with Crippen molar-refractivity contribution in [2.24, 2.45) is 0 Å². The van der Waals surface area contributed by atoms with Gasteiger partial charge in [-0.1, -0.05) is 24.3 Å².